The minimum absolute atomic E-state index is 0.269. The maximum absolute atomic E-state index is 13.2. The number of benzene rings is 2. The highest BCUT2D eigenvalue weighted by Crippen LogP contribution is 2.22. The van der Waals surface area contributed by atoms with Gasteiger partial charge >= 0.3 is 0 Å². The SMILES string of the molecule is Fc1cccc(-c2nc3ccc(CCl)cc3[nH]2)c1. The molecule has 2 nitrogen and oxygen atoms in total. The Kier molecular flexibility index (Phi) is 2.76. The van der Waals surface area contributed by atoms with Gasteiger partial charge in [-0.15, -0.1) is 11.6 Å². The lowest BCUT2D eigenvalue weighted by Gasteiger charge is -1.95. The first kappa shape index (κ1) is 11.2. The predicted molar refractivity (Wildman–Crippen MR) is 71.0 cm³/mol. The maximum atomic E-state index is 13.2. The van der Waals surface area contributed by atoms with Gasteiger partial charge in [0, 0.05) is 11.4 Å². The Morgan fingerprint density at radius 2 is 2.06 bits per heavy atom. The summed E-state index contributed by atoms with van der Waals surface area (Å²) in [6.07, 6.45) is 0. The summed E-state index contributed by atoms with van der Waals surface area (Å²) >= 11 is 5.79. The number of aromatic nitrogens is 2. The van der Waals surface area contributed by atoms with E-state index in [0.717, 1.165) is 22.2 Å². The molecule has 0 saturated heterocycles. The van der Waals surface area contributed by atoms with Gasteiger partial charge in [-0.25, -0.2) is 9.37 Å². The van der Waals surface area contributed by atoms with Crippen LogP contribution in [0.25, 0.3) is 22.4 Å². The van der Waals surface area contributed by atoms with Crippen LogP contribution in [0.5, 0.6) is 0 Å². The molecule has 2 aromatic carbocycles. The van der Waals surface area contributed by atoms with Gasteiger partial charge in [0.25, 0.3) is 0 Å². The molecular weight excluding hydrogens is 251 g/mol. The van der Waals surface area contributed by atoms with Crippen LogP contribution in [0.1, 0.15) is 5.56 Å². The summed E-state index contributed by atoms with van der Waals surface area (Å²) in [6, 6.07) is 12.2. The summed E-state index contributed by atoms with van der Waals surface area (Å²) in [5.74, 6) is 0.857. The first-order valence-electron chi connectivity index (χ1n) is 5.57. The van der Waals surface area contributed by atoms with Gasteiger partial charge in [-0.05, 0) is 29.8 Å². The van der Waals surface area contributed by atoms with Gasteiger partial charge in [-0.3, -0.25) is 0 Å². The van der Waals surface area contributed by atoms with Crippen molar-refractivity contribution in [3.63, 3.8) is 0 Å². The minimum atomic E-state index is -0.269. The quantitative estimate of drug-likeness (QED) is 0.690. The summed E-state index contributed by atoms with van der Waals surface area (Å²) < 4.78 is 13.2. The van der Waals surface area contributed by atoms with Crippen LogP contribution in [0.4, 0.5) is 4.39 Å². The fraction of sp³-hybridized carbons (Fsp3) is 0.0714. The van der Waals surface area contributed by atoms with Crippen molar-refractivity contribution in [2.24, 2.45) is 0 Å². The monoisotopic (exact) mass is 260 g/mol. The van der Waals surface area contributed by atoms with E-state index in [2.05, 4.69) is 9.97 Å². The van der Waals surface area contributed by atoms with Crippen LogP contribution in [0.3, 0.4) is 0 Å². The molecule has 0 aliphatic carbocycles. The van der Waals surface area contributed by atoms with E-state index >= 15 is 0 Å². The lowest BCUT2D eigenvalue weighted by molar-refractivity contribution is 0.628. The lowest BCUT2D eigenvalue weighted by atomic mass is 10.2. The molecule has 3 rings (SSSR count). The largest absolute Gasteiger partial charge is 0.338 e. The van der Waals surface area contributed by atoms with Crippen LogP contribution >= 0.6 is 11.6 Å². The number of halogens is 2. The molecule has 0 aliphatic rings. The second-order valence-corrected chi connectivity index (χ2v) is 4.35. The molecule has 18 heavy (non-hydrogen) atoms. The summed E-state index contributed by atoms with van der Waals surface area (Å²) in [5, 5.41) is 0. The van der Waals surface area contributed by atoms with Crippen molar-refractivity contribution >= 4 is 22.6 Å². The van der Waals surface area contributed by atoms with Crippen LogP contribution in [0.2, 0.25) is 0 Å². The van der Waals surface area contributed by atoms with Gasteiger partial charge in [0.1, 0.15) is 11.6 Å². The molecular formula is C14H10ClFN2. The highest BCUT2D eigenvalue weighted by Gasteiger charge is 2.06. The number of H-pyrrole nitrogens is 1. The molecule has 4 heteroatoms. The Labute approximate surface area is 108 Å². The van der Waals surface area contributed by atoms with E-state index in [0.29, 0.717) is 11.7 Å². The van der Waals surface area contributed by atoms with Crippen LogP contribution in [0.15, 0.2) is 42.5 Å². The Hall–Kier alpha value is -1.87. The third-order valence-electron chi connectivity index (χ3n) is 2.80. The van der Waals surface area contributed by atoms with Gasteiger partial charge in [0.05, 0.1) is 11.0 Å². The van der Waals surface area contributed by atoms with Gasteiger partial charge < -0.3 is 4.98 Å². The van der Waals surface area contributed by atoms with Gasteiger partial charge in [-0.2, -0.15) is 0 Å². The molecule has 3 aromatic rings. The molecule has 0 amide bonds. The van der Waals surface area contributed by atoms with Crippen molar-refractivity contribution < 1.29 is 4.39 Å². The summed E-state index contributed by atoms with van der Waals surface area (Å²) in [7, 11) is 0. The van der Waals surface area contributed by atoms with E-state index in [4.69, 9.17) is 11.6 Å². The number of alkyl halides is 1. The molecule has 0 unspecified atom stereocenters. The normalized spacial score (nSPS) is 11.0. The Balaban J connectivity index is 2.13. The lowest BCUT2D eigenvalue weighted by Crippen LogP contribution is -1.81. The van der Waals surface area contributed by atoms with E-state index in [-0.39, 0.29) is 5.82 Å². The van der Waals surface area contributed by atoms with Crippen LogP contribution in [0, 0.1) is 5.82 Å². The standard InChI is InChI=1S/C14H10ClFN2/c15-8-9-4-5-12-13(6-9)18-14(17-12)10-2-1-3-11(16)7-10/h1-7H,8H2,(H,17,18). The third-order valence-corrected chi connectivity index (χ3v) is 3.11. The van der Waals surface area contributed by atoms with E-state index in [1.165, 1.54) is 12.1 Å². The fourth-order valence-electron chi connectivity index (χ4n) is 1.91. The molecule has 0 saturated carbocycles. The van der Waals surface area contributed by atoms with Crippen molar-refractivity contribution in [3.8, 4) is 11.4 Å². The number of rotatable bonds is 2. The maximum Gasteiger partial charge on any atom is 0.138 e. The molecule has 1 aromatic heterocycles. The number of aromatic amines is 1. The zero-order valence-corrected chi connectivity index (χ0v) is 10.2. The van der Waals surface area contributed by atoms with Crippen molar-refractivity contribution in [1.82, 2.24) is 9.97 Å². The molecule has 0 bridgehead atoms. The minimum Gasteiger partial charge on any atom is -0.338 e. The van der Waals surface area contributed by atoms with Gasteiger partial charge in [0.2, 0.25) is 0 Å². The van der Waals surface area contributed by atoms with Crippen LogP contribution < -0.4 is 0 Å². The van der Waals surface area contributed by atoms with Crippen molar-refractivity contribution in [3.05, 3.63) is 53.8 Å². The van der Waals surface area contributed by atoms with E-state index < -0.39 is 0 Å². The predicted octanol–water partition coefficient (Wildman–Crippen LogP) is 4.11. The topological polar surface area (TPSA) is 28.7 Å². The number of hydrogen-bond acceptors (Lipinski definition) is 1. The number of imidazole rings is 1. The first-order chi connectivity index (χ1) is 8.76. The first-order valence-corrected chi connectivity index (χ1v) is 6.10. The number of fused-ring (bicyclic) bond motifs is 1. The van der Waals surface area contributed by atoms with Gasteiger partial charge in [0.15, 0.2) is 0 Å². The Morgan fingerprint density at radius 3 is 2.83 bits per heavy atom. The van der Waals surface area contributed by atoms with Crippen LogP contribution in [-0.2, 0) is 5.88 Å². The molecule has 0 atom stereocenters. The third kappa shape index (κ3) is 1.97. The van der Waals surface area contributed by atoms with Crippen LogP contribution in [-0.4, -0.2) is 9.97 Å². The smallest absolute Gasteiger partial charge is 0.138 e. The van der Waals surface area contributed by atoms with Crippen molar-refractivity contribution in [1.29, 1.82) is 0 Å². The summed E-state index contributed by atoms with van der Waals surface area (Å²) in [5.41, 5.74) is 3.52. The molecule has 0 aliphatic heterocycles. The summed E-state index contributed by atoms with van der Waals surface area (Å²) in [4.78, 5) is 7.61. The molecule has 1 N–H and O–H groups in total. The summed E-state index contributed by atoms with van der Waals surface area (Å²) in [6.45, 7) is 0. The Bertz CT molecular complexity index is 706. The second-order valence-electron chi connectivity index (χ2n) is 4.08. The zero-order valence-electron chi connectivity index (χ0n) is 9.45. The average Bonchev–Trinajstić information content (AvgIpc) is 2.81. The highest BCUT2D eigenvalue weighted by molar-refractivity contribution is 6.17. The molecule has 90 valence electrons. The van der Waals surface area contributed by atoms with E-state index in [1.807, 2.05) is 24.3 Å². The number of hydrogen-bond donors (Lipinski definition) is 1. The van der Waals surface area contributed by atoms with E-state index in [1.54, 1.807) is 6.07 Å². The zero-order chi connectivity index (χ0) is 12.5. The highest BCUT2D eigenvalue weighted by atomic mass is 35.5. The van der Waals surface area contributed by atoms with Gasteiger partial charge in [-0.1, -0.05) is 18.2 Å². The van der Waals surface area contributed by atoms with E-state index in [9.17, 15) is 4.39 Å². The van der Waals surface area contributed by atoms with Crippen molar-refractivity contribution in [2.45, 2.75) is 5.88 Å². The number of nitrogens with one attached hydrogen (secondary N) is 1. The fourth-order valence-corrected chi connectivity index (χ4v) is 2.08. The molecule has 0 fully saturated rings. The average molecular weight is 261 g/mol. The van der Waals surface area contributed by atoms with Crippen molar-refractivity contribution in [2.75, 3.05) is 0 Å². The molecule has 0 radical (unpaired) electrons. The Morgan fingerprint density at radius 1 is 1.17 bits per heavy atom. The second kappa shape index (κ2) is 4.42. The number of nitrogens with zero attached hydrogens (tertiary/aromatic N) is 1. The molecule has 0 spiro atoms. The molecule has 1 heterocycles.